The zero-order valence-corrected chi connectivity index (χ0v) is 9.93. The Morgan fingerprint density at radius 3 is 2.31 bits per heavy atom. The zero-order valence-electron chi connectivity index (χ0n) is 6.76. The lowest BCUT2D eigenvalue weighted by atomic mass is 10.1. The average molecular weight is 308 g/mol. The van der Waals surface area contributed by atoms with Crippen molar-refractivity contribution in [2.75, 3.05) is 0 Å². The van der Waals surface area contributed by atoms with Crippen molar-refractivity contribution < 1.29 is 9.90 Å². The van der Waals surface area contributed by atoms with Crippen molar-refractivity contribution in [3.05, 3.63) is 34.9 Å². The first kappa shape index (κ1) is 10.7. The Labute approximate surface area is 93.2 Å². The molecule has 0 heterocycles. The molecular weight excluding hydrogens is 300 g/mol. The molecule has 1 N–H and O–H groups in total. The smallest absolute Gasteiger partial charge is 0.335 e. The molecule has 0 aliphatic heterocycles. The second-order valence-electron chi connectivity index (χ2n) is 2.56. The summed E-state index contributed by atoms with van der Waals surface area (Å²) in [5.41, 5.74) is 2.46. The average Bonchev–Trinajstić information content (AvgIpc) is 2.16. The van der Waals surface area contributed by atoms with Crippen molar-refractivity contribution in [3.63, 3.8) is 0 Å². The van der Waals surface area contributed by atoms with Crippen LogP contribution in [0.25, 0.3) is 0 Å². The minimum atomic E-state index is -0.886. The SMILES string of the molecule is O=C(O)c1ccc(CBr)c(CBr)c1. The fourth-order valence-electron chi connectivity index (χ4n) is 1.01. The fourth-order valence-corrected chi connectivity index (χ4v) is 2.08. The molecule has 0 saturated heterocycles. The zero-order chi connectivity index (χ0) is 9.84. The van der Waals surface area contributed by atoms with E-state index in [4.69, 9.17) is 5.11 Å². The van der Waals surface area contributed by atoms with E-state index in [0.29, 0.717) is 10.9 Å². The first-order valence-corrected chi connectivity index (χ1v) is 5.90. The monoisotopic (exact) mass is 306 g/mol. The number of carbonyl (C=O) groups is 1. The number of benzene rings is 1. The molecule has 0 atom stereocenters. The molecule has 0 aromatic heterocycles. The summed E-state index contributed by atoms with van der Waals surface area (Å²) in [7, 11) is 0. The Kier molecular flexibility index (Phi) is 3.93. The molecule has 4 heteroatoms. The van der Waals surface area contributed by atoms with Crippen LogP contribution in [-0.2, 0) is 10.7 Å². The highest BCUT2D eigenvalue weighted by atomic mass is 79.9. The second-order valence-corrected chi connectivity index (χ2v) is 3.68. The van der Waals surface area contributed by atoms with Gasteiger partial charge in [0.25, 0.3) is 0 Å². The van der Waals surface area contributed by atoms with Crippen molar-refractivity contribution in [1.29, 1.82) is 0 Å². The molecule has 0 amide bonds. The van der Waals surface area contributed by atoms with Gasteiger partial charge in [0, 0.05) is 10.7 Å². The van der Waals surface area contributed by atoms with E-state index in [1.807, 2.05) is 6.07 Å². The fraction of sp³-hybridized carbons (Fsp3) is 0.222. The Morgan fingerprint density at radius 1 is 1.23 bits per heavy atom. The number of aromatic carboxylic acids is 1. The number of carboxylic acids is 1. The molecule has 1 aromatic carbocycles. The van der Waals surface area contributed by atoms with Gasteiger partial charge in [-0.2, -0.15) is 0 Å². The number of hydrogen-bond acceptors (Lipinski definition) is 1. The molecule has 0 unspecified atom stereocenters. The largest absolute Gasteiger partial charge is 0.478 e. The van der Waals surface area contributed by atoms with Gasteiger partial charge in [0.1, 0.15) is 0 Å². The number of hydrogen-bond donors (Lipinski definition) is 1. The number of halogens is 2. The Balaban J connectivity index is 3.13. The third kappa shape index (κ3) is 2.54. The van der Waals surface area contributed by atoms with Crippen LogP contribution in [0.15, 0.2) is 18.2 Å². The molecule has 0 saturated carbocycles. The van der Waals surface area contributed by atoms with Crippen LogP contribution in [0, 0.1) is 0 Å². The molecule has 0 spiro atoms. The molecule has 13 heavy (non-hydrogen) atoms. The quantitative estimate of drug-likeness (QED) is 0.871. The normalized spacial score (nSPS) is 10.0. The van der Waals surface area contributed by atoms with Gasteiger partial charge in [-0.25, -0.2) is 4.79 Å². The summed E-state index contributed by atoms with van der Waals surface area (Å²) in [5, 5.41) is 10.2. The van der Waals surface area contributed by atoms with Crippen molar-refractivity contribution in [2.45, 2.75) is 10.7 Å². The van der Waals surface area contributed by atoms with Gasteiger partial charge in [-0.15, -0.1) is 0 Å². The molecule has 0 fully saturated rings. The maximum absolute atomic E-state index is 10.6. The Bertz CT molecular complexity index is 323. The molecule has 1 rings (SSSR count). The Hall–Kier alpha value is -0.350. The van der Waals surface area contributed by atoms with Crippen LogP contribution in [0.3, 0.4) is 0 Å². The van der Waals surface area contributed by atoms with Gasteiger partial charge in [-0.3, -0.25) is 0 Å². The minimum absolute atomic E-state index is 0.333. The van der Waals surface area contributed by atoms with Crippen molar-refractivity contribution >= 4 is 37.8 Å². The molecule has 2 nitrogen and oxygen atoms in total. The summed E-state index contributed by atoms with van der Waals surface area (Å²) in [5.74, 6) is -0.886. The van der Waals surface area contributed by atoms with E-state index < -0.39 is 5.97 Å². The van der Waals surface area contributed by atoms with Gasteiger partial charge in [-0.1, -0.05) is 37.9 Å². The molecular formula is C9H8Br2O2. The van der Waals surface area contributed by atoms with Crippen LogP contribution in [0.2, 0.25) is 0 Å². The number of carboxylic acid groups (broad SMARTS) is 1. The van der Waals surface area contributed by atoms with Gasteiger partial charge in [-0.05, 0) is 23.3 Å². The molecule has 0 bridgehead atoms. The predicted molar refractivity (Wildman–Crippen MR) is 58.7 cm³/mol. The van der Waals surface area contributed by atoms with Crippen LogP contribution in [-0.4, -0.2) is 11.1 Å². The maximum Gasteiger partial charge on any atom is 0.335 e. The van der Waals surface area contributed by atoms with E-state index in [0.717, 1.165) is 16.5 Å². The summed E-state index contributed by atoms with van der Waals surface area (Å²) >= 11 is 6.66. The van der Waals surface area contributed by atoms with Crippen molar-refractivity contribution in [2.24, 2.45) is 0 Å². The van der Waals surface area contributed by atoms with Crippen LogP contribution in [0.1, 0.15) is 21.5 Å². The maximum atomic E-state index is 10.6. The lowest BCUT2D eigenvalue weighted by molar-refractivity contribution is 0.0697. The first-order chi connectivity index (χ1) is 6.19. The van der Waals surface area contributed by atoms with Crippen molar-refractivity contribution in [3.8, 4) is 0 Å². The molecule has 0 aliphatic rings. The van der Waals surface area contributed by atoms with E-state index in [1.165, 1.54) is 0 Å². The van der Waals surface area contributed by atoms with Gasteiger partial charge < -0.3 is 5.11 Å². The first-order valence-electron chi connectivity index (χ1n) is 3.66. The van der Waals surface area contributed by atoms with E-state index in [1.54, 1.807) is 12.1 Å². The van der Waals surface area contributed by atoms with Crippen LogP contribution >= 0.6 is 31.9 Å². The van der Waals surface area contributed by atoms with Crippen LogP contribution in [0.5, 0.6) is 0 Å². The van der Waals surface area contributed by atoms with Crippen molar-refractivity contribution in [1.82, 2.24) is 0 Å². The molecule has 1 aromatic rings. The van der Waals surface area contributed by atoms with Gasteiger partial charge in [0.2, 0.25) is 0 Å². The Morgan fingerprint density at radius 2 is 1.85 bits per heavy atom. The lowest BCUT2D eigenvalue weighted by Gasteiger charge is -2.04. The highest BCUT2D eigenvalue weighted by molar-refractivity contribution is 9.09. The van der Waals surface area contributed by atoms with E-state index >= 15 is 0 Å². The summed E-state index contributed by atoms with van der Waals surface area (Å²) in [6.45, 7) is 0. The van der Waals surface area contributed by atoms with E-state index in [2.05, 4.69) is 31.9 Å². The number of rotatable bonds is 3. The van der Waals surface area contributed by atoms with Crippen LogP contribution in [0.4, 0.5) is 0 Å². The minimum Gasteiger partial charge on any atom is -0.478 e. The third-order valence-electron chi connectivity index (χ3n) is 1.74. The highest BCUT2D eigenvalue weighted by Crippen LogP contribution is 2.17. The summed E-state index contributed by atoms with van der Waals surface area (Å²) in [6, 6.07) is 5.13. The van der Waals surface area contributed by atoms with Crippen LogP contribution < -0.4 is 0 Å². The summed E-state index contributed by atoms with van der Waals surface area (Å²) in [4.78, 5) is 10.6. The lowest BCUT2D eigenvalue weighted by Crippen LogP contribution is -1.98. The third-order valence-corrected chi connectivity index (χ3v) is 2.95. The molecule has 0 aliphatic carbocycles. The summed E-state index contributed by atoms with van der Waals surface area (Å²) < 4.78 is 0. The predicted octanol–water partition coefficient (Wildman–Crippen LogP) is 3.17. The summed E-state index contributed by atoms with van der Waals surface area (Å²) in [6.07, 6.45) is 0. The standard InChI is InChI=1S/C9H8Br2O2/c10-4-7-2-1-6(9(12)13)3-8(7)5-11/h1-3H,4-5H2,(H,12,13). The molecule has 0 radical (unpaired) electrons. The van der Waals surface area contributed by atoms with Gasteiger partial charge in [0.05, 0.1) is 5.56 Å². The second kappa shape index (κ2) is 4.77. The van der Waals surface area contributed by atoms with Gasteiger partial charge in [0.15, 0.2) is 0 Å². The number of alkyl halides is 2. The highest BCUT2D eigenvalue weighted by Gasteiger charge is 2.06. The topological polar surface area (TPSA) is 37.3 Å². The van der Waals surface area contributed by atoms with E-state index in [9.17, 15) is 4.79 Å². The molecule has 70 valence electrons. The van der Waals surface area contributed by atoms with Gasteiger partial charge >= 0.3 is 5.97 Å². The van der Waals surface area contributed by atoms with E-state index in [-0.39, 0.29) is 0 Å².